The molecule has 1 atom stereocenters. The number of rotatable bonds is 6. The number of piperidine rings is 1. The lowest BCUT2D eigenvalue weighted by Crippen LogP contribution is -2.47. The Balaban J connectivity index is 1.67. The van der Waals surface area contributed by atoms with Crippen molar-refractivity contribution < 1.29 is 4.79 Å². The number of aliphatic imine (C=N–C) groups is 1. The van der Waals surface area contributed by atoms with Crippen LogP contribution in [0.4, 0.5) is 0 Å². The summed E-state index contributed by atoms with van der Waals surface area (Å²) >= 11 is 1.63. The van der Waals surface area contributed by atoms with E-state index in [1.54, 1.807) is 11.3 Å². The van der Waals surface area contributed by atoms with Crippen LogP contribution in [0.2, 0.25) is 0 Å². The van der Waals surface area contributed by atoms with Gasteiger partial charge in [0.25, 0.3) is 0 Å². The molecule has 27 heavy (non-hydrogen) atoms. The predicted molar refractivity (Wildman–Crippen MR) is 110 cm³/mol. The molecule has 144 valence electrons. The maximum absolute atomic E-state index is 11.3. The molecule has 1 aromatic carbocycles. The van der Waals surface area contributed by atoms with Crippen molar-refractivity contribution in [3.05, 3.63) is 40.7 Å². The lowest BCUT2D eigenvalue weighted by Gasteiger charge is -2.34. The summed E-state index contributed by atoms with van der Waals surface area (Å²) in [6.45, 7) is 5.20. The van der Waals surface area contributed by atoms with E-state index in [4.69, 9.17) is 15.7 Å². The SMILES string of the molecule is CCNC(=NCc1nc(-c2ccccc2)cs1)N1CCCC(CC(N)=O)C1. The van der Waals surface area contributed by atoms with Crippen LogP contribution in [0.5, 0.6) is 0 Å². The normalized spacial score (nSPS) is 17.7. The number of carbonyl (C=O) groups is 1. The highest BCUT2D eigenvalue weighted by Gasteiger charge is 2.23. The minimum absolute atomic E-state index is 0.222. The molecule has 1 aliphatic rings. The number of nitrogens with zero attached hydrogens (tertiary/aromatic N) is 3. The maximum atomic E-state index is 11.3. The Bertz CT molecular complexity index is 774. The molecular formula is C20H27N5OS. The largest absolute Gasteiger partial charge is 0.370 e. The van der Waals surface area contributed by atoms with Crippen molar-refractivity contribution in [2.75, 3.05) is 19.6 Å². The van der Waals surface area contributed by atoms with Gasteiger partial charge in [0, 0.05) is 37.0 Å². The fraction of sp³-hybridized carbons (Fsp3) is 0.450. The number of aromatic nitrogens is 1. The third-order valence-electron chi connectivity index (χ3n) is 4.63. The molecule has 0 radical (unpaired) electrons. The van der Waals surface area contributed by atoms with Gasteiger partial charge >= 0.3 is 0 Å². The Hall–Kier alpha value is -2.41. The fourth-order valence-electron chi connectivity index (χ4n) is 3.40. The summed E-state index contributed by atoms with van der Waals surface area (Å²) < 4.78 is 0. The number of likely N-dealkylation sites (tertiary alicyclic amines) is 1. The minimum atomic E-state index is -0.222. The Morgan fingerprint density at radius 3 is 2.96 bits per heavy atom. The third kappa shape index (κ3) is 5.53. The number of hydrogen-bond donors (Lipinski definition) is 2. The van der Waals surface area contributed by atoms with Crippen LogP contribution < -0.4 is 11.1 Å². The van der Waals surface area contributed by atoms with E-state index in [9.17, 15) is 4.79 Å². The molecule has 1 fully saturated rings. The van der Waals surface area contributed by atoms with Gasteiger partial charge in [-0.05, 0) is 25.7 Å². The predicted octanol–water partition coefficient (Wildman–Crippen LogP) is 2.86. The van der Waals surface area contributed by atoms with Crippen molar-refractivity contribution in [3.8, 4) is 11.3 Å². The van der Waals surface area contributed by atoms with Crippen LogP contribution in [0.1, 0.15) is 31.2 Å². The highest BCUT2D eigenvalue weighted by atomic mass is 32.1. The van der Waals surface area contributed by atoms with E-state index < -0.39 is 0 Å². The number of carbonyl (C=O) groups excluding carboxylic acids is 1. The molecule has 0 spiro atoms. The summed E-state index contributed by atoms with van der Waals surface area (Å²) in [6, 6.07) is 10.2. The van der Waals surface area contributed by atoms with Gasteiger partial charge in [-0.1, -0.05) is 30.3 Å². The second kappa shape index (κ2) is 9.50. The summed E-state index contributed by atoms with van der Waals surface area (Å²) in [5, 5.41) is 6.45. The number of nitrogens with one attached hydrogen (secondary N) is 1. The first-order valence-corrected chi connectivity index (χ1v) is 10.3. The van der Waals surface area contributed by atoms with Gasteiger partial charge in [0.15, 0.2) is 5.96 Å². The van der Waals surface area contributed by atoms with Crippen LogP contribution in [-0.2, 0) is 11.3 Å². The second-order valence-electron chi connectivity index (χ2n) is 6.79. The zero-order chi connectivity index (χ0) is 19.1. The van der Waals surface area contributed by atoms with Crippen molar-refractivity contribution in [3.63, 3.8) is 0 Å². The summed E-state index contributed by atoms with van der Waals surface area (Å²) in [6.07, 6.45) is 2.55. The average Bonchev–Trinajstić information content (AvgIpc) is 3.14. The number of benzene rings is 1. The van der Waals surface area contributed by atoms with E-state index in [0.717, 1.165) is 54.7 Å². The zero-order valence-electron chi connectivity index (χ0n) is 15.7. The molecule has 6 nitrogen and oxygen atoms in total. The van der Waals surface area contributed by atoms with Crippen LogP contribution in [0, 0.1) is 5.92 Å². The van der Waals surface area contributed by atoms with Gasteiger partial charge in [-0.15, -0.1) is 11.3 Å². The molecule has 1 saturated heterocycles. The number of amides is 1. The third-order valence-corrected chi connectivity index (χ3v) is 5.46. The minimum Gasteiger partial charge on any atom is -0.370 e. The Morgan fingerprint density at radius 1 is 1.41 bits per heavy atom. The fourth-order valence-corrected chi connectivity index (χ4v) is 4.13. The van der Waals surface area contributed by atoms with Gasteiger partial charge in [-0.2, -0.15) is 0 Å². The van der Waals surface area contributed by atoms with Gasteiger partial charge in [0.1, 0.15) is 5.01 Å². The summed E-state index contributed by atoms with van der Waals surface area (Å²) in [5.74, 6) is 0.979. The number of guanidine groups is 1. The van der Waals surface area contributed by atoms with Crippen LogP contribution in [0.15, 0.2) is 40.7 Å². The number of thiazole rings is 1. The molecular weight excluding hydrogens is 358 g/mol. The van der Waals surface area contributed by atoms with Gasteiger partial charge in [0.05, 0.1) is 12.2 Å². The van der Waals surface area contributed by atoms with E-state index >= 15 is 0 Å². The lowest BCUT2D eigenvalue weighted by atomic mass is 9.95. The summed E-state index contributed by atoms with van der Waals surface area (Å²) in [7, 11) is 0. The van der Waals surface area contributed by atoms with Gasteiger partial charge < -0.3 is 16.0 Å². The smallest absolute Gasteiger partial charge is 0.217 e. The first-order valence-electron chi connectivity index (χ1n) is 9.47. The van der Waals surface area contributed by atoms with Crippen molar-refractivity contribution in [2.45, 2.75) is 32.7 Å². The monoisotopic (exact) mass is 385 g/mol. The number of primary amides is 1. The molecule has 0 bridgehead atoms. The molecule has 3 rings (SSSR count). The molecule has 0 saturated carbocycles. The molecule has 1 aromatic heterocycles. The highest BCUT2D eigenvalue weighted by Crippen LogP contribution is 2.23. The molecule has 0 aliphatic carbocycles. The van der Waals surface area contributed by atoms with Gasteiger partial charge in [0.2, 0.25) is 5.91 Å². The van der Waals surface area contributed by atoms with Crippen LogP contribution in [-0.4, -0.2) is 41.4 Å². The quantitative estimate of drug-likeness (QED) is 0.592. The zero-order valence-corrected chi connectivity index (χ0v) is 16.5. The average molecular weight is 386 g/mol. The summed E-state index contributed by atoms with van der Waals surface area (Å²) in [4.78, 5) is 23.0. The molecule has 3 N–H and O–H groups in total. The van der Waals surface area contributed by atoms with E-state index in [-0.39, 0.29) is 5.91 Å². The molecule has 1 amide bonds. The molecule has 1 unspecified atom stereocenters. The van der Waals surface area contributed by atoms with Crippen LogP contribution in [0.25, 0.3) is 11.3 Å². The van der Waals surface area contributed by atoms with Crippen molar-refractivity contribution >= 4 is 23.2 Å². The van der Waals surface area contributed by atoms with Gasteiger partial charge in [-0.25, -0.2) is 9.98 Å². The number of nitrogens with two attached hydrogens (primary N) is 1. The van der Waals surface area contributed by atoms with Gasteiger partial charge in [-0.3, -0.25) is 4.79 Å². The van der Waals surface area contributed by atoms with Crippen molar-refractivity contribution in [1.29, 1.82) is 0 Å². The number of hydrogen-bond acceptors (Lipinski definition) is 4. The van der Waals surface area contributed by atoms with E-state index in [1.165, 1.54) is 0 Å². The molecule has 2 aromatic rings. The second-order valence-corrected chi connectivity index (χ2v) is 7.73. The standard InChI is InChI=1S/C20H27N5OS/c1-2-22-20(25-10-6-7-15(13-25)11-18(21)26)23-12-19-24-17(14-27-19)16-8-4-3-5-9-16/h3-5,8-9,14-15H,2,6-7,10-13H2,1H3,(H2,21,26)(H,22,23). The van der Waals surface area contributed by atoms with E-state index in [2.05, 4.69) is 34.7 Å². The first-order chi connectivity index (χ1) is 13.2. The van der Waals surface area contributed by atoms with Crippen molar-refractivity contribution in [1.82, 2.24) is 15.2 Å². The summed E-state index contributed by atoms with van der Waals surface area (Å²) in [5.41, 5.74) is 7.50. The van der Waals surface area contributed by atoms with Crippen molar-refractivity contribution in [2.24, 2.45) is 16.6 Å². The Kier molecular flexibility index (Phi) is 6.81. The lowest BCUT2D eigenvalue weighted by molar-refractivity contribution is -0.119. The molecule has 2 heterocycles. The Morgan fingerprint density at radius 2 is 2.22 bits per heavy atom. The molecule has 1 aliphatic heterocycles. The molecule has 7 heteroatoms. The van der Waals surface area contributed by atoms with Crippen LogP contribution in [0.3, 0.4) is 0 Å². The first kappa shape index (κ1) is 19.4. The van der Waals surface area contributed by atoms with E-state index in [1.807, 2.05) is 18.2 Å². The topological polar surface area (TPSA) is 83.6 Å². The van der Waals surface area contributed by atoms with E-state index in [0.29, 0.717) is 18.9 Å². The van der Waals surface area contributed by atoms with Crippen LogP contribution >= 0.6 is 11.3 Å². The Labute approximate surface area is 164 Å². The maximum Gasteiger partial charge on any atom is 0.217 e. The highest BCUT2D eigenvalue weighted by molar-refractivity contribution is 7.09.